The van der Waals surface area contributed by atoms with Gasteiger partial charge in [0.15, 0.2) is 0 Å². The molecule has 112 valence electrons. The van der Waals surface area contributed by atoms with Crippen molar-refractivity contribution < 1.29 is 0 Å². The summed E-state index contributed by atoms with van der Waals surface area (Å²) >= 11 is 0. The summed E-state index contributed by atoms with van der Waals surface area (Å²) in [7, 11) is 2.09. The van der Waals surface area contributed by atoms with Crippen LogP contribution in [0.3, 0.4) is 0 Å². The summed E-state index contributed by atoms with van der Waals surface area (Å²) < 4.78 is 0. The van der Waals surface area contributed by atoms with Crippen molar-refractivity contribution in [2.45, 2.75) is 52.0 Å². The second-order valence-electron chi connectivity index (χ2n) is 6.31. The third-order valence-electron chi connectivity index (χ3n) is 4.43. The summed E-state index contributed by atoms with van der Waals surface area (Å²) in [6, 6.07) is 7.40. The van der Waals surface area contributed by atoms with Gasteiger partial charge in [-0.15, -0.1) is 0 Å². The van der Waals surface area contributed by atoms with Crippen LogP contribution >= 0.6 is 0 Å². The van der Waals surface area contributed by atoms with E-state index in [2.05, 4.69) is 49.3 Å². The number of likely N-dealkylation sites (tertiary alicyclic amines) is 1. The maximum absolute atomic E-state index is 3.50. The number of nitrogens with zero attached hydrogens (tertiary/aromatic N) is 1. The van der Waals surface area contributed by atoms with Crippen molar-refractivity contribution in [3.63, 3.8) is 0 Å². The zero-order valence-electron chi connectivity index (χ0n) is 13.4. The van der Waals surface area contributed by atoms with Crippen LogP contribution in [0.15, 0.2) is 18.2 Å². The lowest BCUT2D eigenvalue weighted by Gasteiger charge is -2.24. The van der Waals surface area contributed by atoms with E-state index in [9.17, 15) is 0 Å². The van der Waals surface area contributed by atoms with Crippen molar-refractivity contribution in [2.75, 3.05) is 26.7 Å². The molecule has 0 aromatic heterocycles. The van der Waals surface area contributed by atoms with Crippen LogP contribution in [0.1, 0.15) is 54.8 Å². The van der Waals surface area contributed by atoms with E-state index in [0.717, 1.165) is 0 Å². The van der Waals surface area contributed by atoms with Gasteiger partial charge in [-0.05, 0) is 65.4 Å². The van der Waals surface area contributed by atoms with Gasteiger partial charge in [-0.2, -0.15) is 0 Å². The summed E-state index contributed by atoms with van der Waals surface area (Å²) in [5.41, 5.74) is 4.19. The van der Waals surface area contributed by atoms with Crippen molar-refractivity contribution in [2.24, 2.45) is 0 Å². The first-order valence-corrected chi connectivity index (χ1v) is 8.17. The minimum Gasteiger partial charge on any atom is -0.313 e. The van der Waals surface area contributed by atoms with Crippen molar-refractivity contribution >= 4 is 0 Å². The molecule has 2 nitrogen and oxygen atoms in total. The molecule has 1 heterocycles. The molecule has 1 aliphatic rings. The maximum Gasteiger partial charge on any atom is 0.0329 e. The SMILES string of the molecule is CNC(CCN1CCCCCC1)c1cc(C)cc(C)c1. The molecule has 0 aliphatic carbocycles. The molecule has 1 N–H and O–H groups in total. The molecule has 1 aromatic carbocycles. The van der Waals surface area contributed by atoms with E-state index in [1.165, 1.54) is 68.4 Å². The standard InChI is InChI=1S/C18H30N2/c1-15-12-16(2)14-17(13-15)18(19-3)8-11-20-9-6-4-5-7-10-20/h12-14,18-19H,4-11H2,1-3H3. The number of nitrogens with one attached hydrogen (secondary N) is 1. The Morgan fingerprint density at radius 3 is 2.15 bits per heavy atom. The Morgan fingerprint density at radius 2 is 1.60 bits per heavy atom. The summed E-state index contributed by atoms with van der Waals surface area (Å²) in [5, 5.41) is 3.50. The Morgan fingerprint density at radius 1 is 1.00 bits per heavy atom. The van der Waals surface area contributed by atoms with Crippen LogP contribution in [-0.4, -0.2) is 31.6 Å². The second kappa shape index (κ2) is 7.80. The molecular formula is C18H30N2. The number of hydrogen-bond acceptors (Lipinski definition) is 2. The molecule has 20 heavy (non-hydrogen) atoms. The largest absolute Gasteiger partial charge is 0.313 e. The number of benzene rings is 1. The average Bonchev–Trinajstić information content (AvgIpc) is 2.67. The Kier molecular flexibility index (Phi) is 6.06. The van der Waals surface area contributed by atoms with Gasteiger partial charge in [-0.1, -0.05) is 42.2 Å². The summed E-state index contributed by atoms with van der Waals surface area (Å²) in [5.74, 6) is 0. The molecule has 0 spiro atoms. The smallest absolute Gasteiger partial charge is 0.0329 e. The van der Waals surface area contributed by atoms with Gasteiger partial charge in [0.05, 0.1) is 0 Å². The minimum absolute atomic E-state index is 0.483. The van der Waals surface area contributed by atoms with Crippen LogP contribution < -0.4 is 5.32 Å². The molecule has 1 aromatic rings. The Hall–Kier alpha value is -0.860. The van der Waals surface area contributed by atoms with Gasteiger partial charge >= 0.3 is 0 Å². The summed E-state index contributed by atoms with van der Waals surface area (Å²) in [6.07, 6.45) is 6.81. The molecule has 1 atom stereocenters. The number of aryl methyl sites for hydroxylation is 2. The lowest BCUT2D eigenvalue weighted by atomic mass is 9.99. The highest BCUT2D eigenvalue weighted by Crippen LogP contribution is 2.21. The van der Waals surface area contributed by atoms with E-state index < -0.39 is 0 Å². The zero-order valence-corrected chi connectivity index (χ0v) is 13.4. The zero-order chi connectivity index (χ0) is 14.4. The molecule has 1 saturated heterocycles. The fourth-order valence-corrected chi connectivity index (χ4v) is 3.36. The maximum atomic E-state index is 3.50. The highest BCUT2D eigenvalue weighted by molar-refractivity contribution is 5.30. The van der Waals surface area contributed by atoms with E-state index in [-0.39, 0.29) is 0 Å². The molecule has 1 unspecified atom stereocenters. The fourth-order valence-electron chi connectivity index (χ4n) is 3.36. The van der Waals surface area contributed by atoms with Crippen molar-refractivity contribution in [3.8, 4) is 0 Å². The topological polar surface area (TPSA) is 15.3 Å². The molecule has 0 amide bonds. The summed E-state index contributed by atoms with van der Waals surface area (Å²) in [4.78, 5) is 2.65. The van der Waals surface area contributed by atoms with Gasteiger partial charge in [0.2, 0.25) is 0 Å². The highest BCUT2D eigenvalue weighted by atomic mass is 15.1. The fraction of sp³-hybridized carbons (Fsp3) is 0.667. The molecule has 0 saturated carbocycles. The lowest BCUT2D eigenvalue weighted by molar-refractivity contribution is 0.268. The third kappa shape index (κ3) is 4.60. The van der Waals surface area contributed by atoms with Crippen molar-refractivity contribution in [1.82, 2.24) is 10.2 Å². The molecule has 0 radical (unpaired) electrons. The van der Waals surface area contributed by atoms with Gasteiger partial charge < -0.3 is 10.2 Å². The quantitative estimate of drug-likeness (QED) is 0.878. The molecule has 1 fully saturated rings. The lowest BCUT2D eigenvalue weighted by Crippen LogP contribution is -2.29. The predicted octanol–water partition coefficient (Wildman–Crippen LogP) is 3.83. The molecule has 1 aliphatic heterocycles. The van der Waals surface area contributed by atoms with Crippen molar-refractivity contribution in [3.05, 3.63) is 34.9 Å². The average molecular weight is 274 g/mol. The van der Waals surface area contributed by atoms with E-state index in [1.807, 2.05) is 0 Å². The molecule has 0 bridgehead atoms. The van der Waals surface area contributed by atoms with E-state index in [0.29, 0.717) is 6.04 Å². The van der Waals surface area contributed by atoms with E-state index in [4.69, 9.17) is 0 Å². The Bertz CT molecular complexity index is 386. The molecular weight excluding hydrogens is 244 g/mol. The first-order chi connectivity index (χ1) is 9.69. The third-order valence-corrected chi connectivity index (χ3v) is 4.43. The first kappa shape index (κ1) is 15.5. The van der Waals surface area contributed by atoms with E-state index >= 15 is 0 Å². The van der Waals surface area contributed by atoms with Gasteiger partial charge in [0.25, 0.3) is 0 Å². The Labute approximate surface area is 124 Å². The van der Waals surface area contributed by atoms with Crippen LogP contribution in [0, 0.1) is 13.8 Å². The van der Waals surface area contributed by atoms with Crippen LogP contribution in [0.4, 0.5) is 0 Å². The predicted molar refractivity (Wildman–Crippen MR) is 87.2 cm³/mol. The molecule has 2 rings (SSSR count). The van der Waals surface area contributed by atoms with Crippen LogP contribution in [0.25, 0.3) is 0 Å². The minimum atomic E-state index is 0.483. The Balaban J connectivity index is 1.94. The van der Waals surface area contributed by atoms with Gasteiger partial charge in [-0.3, -0.25) is 0 Å². The van der Waals surface area contributed by atoms with Gasteiger partial charge in [-0.25, -0.2) is 0 Å². The van der Waals surface area contributed by atoms with E-state index in [1.54, 1.807) is 0 Å². The second-order valence-corrected chi connectivity index (χ2v) is 6.31. The first-order valence-electron chi connectivity index (χ1n) is 8.17. The number of rotatable bonds is 5. The highest BCUT2D eigenvalue weighted by Gasteiger charge is 2.14. The van der Waals surface area contributed by atoms with Crippen LogP contribution in [0.2, 0.25) is 0 Å². The van der Waals surface area contributed by atoms with Gasteiger partial charge in [0, 0.05) is 6.04 Å². The van der Waals surface area contributed by atoms with Gasteiger partial charge in [0.1, 0.15) is 0 Å². The monoisotopic (exact) mass is 274 g/mol. The normalized spacial score (nSPS) is 18.8. The van der Waals surface area contributed by atoms with Crippen LogP contribution in [-0.2, 0) is 0 Å². The molecule has 2 heteroatoms. The van der Waals surface area contributed by atoms with Crippen LogP contribution in [0.5, 0.6) is 0 Å². The number of hydrogen-bond donors (Lipinski definition) is 1. The summed E-state index contributed by atoms with van der Waals surface area (Å²) in [6.45, 7) is 8.20. The van der Waals surface area contributed by atoms with Crippen molar-refractivity contribution in [1.29, 1.82) is 0 Å².